The lowest BCUT2D eigenvalue weighted by atomic mass is 9.97. The maximum absolute atomic E-state index is 12.5. The second-order valence-corrected chi connectivity index (χ2v) is 6.79. The molecule has 0 unspecified atom stereocenters. The molecule has 2 aromatic rings. The summed E-state index contributed by atoms with van der Waals surface area (Å²) in [5.74, 6) is -1.02. The number of para-hydroxylation sites is 1. The first-order valence-corrected chi connectivity index (χ1v) is 9.33. The van der Waals surface area contributed by atoms with E-state index in [4.69, 9.17) is 4.74 Å². The van der Waals surface area contributed by atoms with Crippen LogP contribution in [0.3, 0.4) is 0 Å². The fourth-order valence-electron chi connectivity index (χ4n) is 3.27. The number of hydrogen-bond donors (Lipinski definition) is 2. The minimum absolute atomic E-state index is 0.154. The Balaban J connectivity index is 1.59. The van der Waals surface area contributed by atoms with E-state index in [0.29, 0.717) is 17.4 Å². The highest BCUT2D eigenvalue weighted by Gasteiger charge is 2.20. The predicted molar refractivity (Wildman–Crippen MR) is 104 cm³/mol. The van der Waals surface area contributed by atoms with Crippen LogP contribution in [-0.4, -0.2) is 29.5 Å². The van der Waals surface area contributed by atoms with E-state index in [1.165, 1.54) is 31.4 Å². The highest BCUT2D eigenvalue weighted by atomic mass is 16.5. The van der Waals surface area contributed by atoms with Crippen molar-refractivity contribution < 1.29 is 14.3 Å². The molecule has 1 atom stereocenters. The van der Waals surface area contributed by atoms with Crippen LogP contribution in [0, 0.1) is 0 Å². The first-order valence-electron chi connectivity index (χ1n) is 9.33. The number of aromatic nitrogens is 1. The molecule has 6 nitrogen and oxygen atoms in total. The number of rotatable bonds is 6. The Bertz CT molecular complexity index is 929. The Morgan fingerprint density at radius 3 is 2.85 bits per heavy atom. The normalized spacial score (nSPS) is 15.1. The molecular formula is C21H24N2O4. The SMILES string of the molecule is C[C@H](OC(=O)c1cc(=O)[nH]c2ccccc12)C(=O)NCCC1=CCCCC1. The molecule has 3 rings (SSSR count). The van der Waals surface area contributed by atoms with Gasteiger partial charge in [-0.2, -0.15) is 0 Å². The van der Waals surface area contributed by atoms with E-state index in [-0.39, 0.29) is 11.5 Å². The molecule has 6 heteroatoms. The minimum Gasteiger partial charge on any atom is -0.449 e. The Kier molecular flexibility index (Phi) is 6.06. The number of benzene rings is 1. The number of carbonyl (C=O) groups is 2. The molecule has 1 aromatic heterocycles. The third-order valence-electron chi connectivity index (χ3n) is 4.75. The summed E-state index contributed by atoms with van der Waals surface area (Å²) >= 11 is 0. The predicted octanol–water partition coefficient (Wildman–Crippen LogP) is 3.08. The number of pyridine rings is 1. The van der Waals surface area contributed by atoms with Gasteiger partial charge in [0.05, 0.1) is 5.56 Å². The van der Waals surface area contributed by atoms with Gasteiger partial charge in [-0.1, -0.05) is 29.8 Å². The molecule has 0 saturated heterocycles. The summed E-state index contributed by atoms with van der Waals surface area (Å²) in [6, 6.07) is 8.18. The van der Waals surface area contributed by atoms with Crippen molar-refractivity contribution in [2.45, 2.75) is 45.1 Å². The van der Waals surface area contributed by atoms with Crippen molar-refractivity contribution in [2.24, 2.45) is 0 Å². The quantitative estimate of drug-likeness (QED) is 0.606. The molecule has 1 heterocycles. The summed E-state index contributed by atoms with van der Waals surface area (Å²) in [4.78, 5) is 39.1. The minimum atomic E-state index is -0.934. The fraction of sp³-hybridized carbons (Fsp3) is 0.381. The van der Waals surface area contributed by atoms with Gasteiger partial charge in [-0.15, -0.1) is 0 Å². The number of allylic oxidation sites excluding steroid dienone is 1. The Morgan fingerprint density at radius 1 is 1.26 bits per heavy atom. The number of aromatic amines is 1. The number of amides is 1. The number of H-pyrrole nitrogens is 1. The average Bonchev–Trinajstić information content (AvgIpc) is 2.67. The summed E-state index contributed by atoms with van der Waals surface area (Å²) in [6.07, 6.45) is 6.79. The zero-order chi connectivity index (χ0) is 19.2. The topological polar surface area (TPSA) is 88.3 Å². The monoisotopic (exact) mass is 368 g/mol. The van der Waals surface area contributed by atoms with Gasteiger partial charge in [-0.3, -0.25) is 9.59 Å². The Labute approximate surface area is 157 Å². The lowest BCUT2D eigenvalue weighted by molar-refractivity contribution is -0.129. The van der Waals surface area contributed by atoms with Crippen molar-refractivity contribution in [1.82, 2.24) is 10.3 Å². The molecule has 0 fully saturated rings. The smallest absolute Gasteiger partial charge is 0.339 e. The molecule has 0 saturated carbocycles. The van der Waals surface area contributed by atoms with Crippen molar-refractivity contribution >= 4 is 22.8 Å². The average molecular weight is 368 g/mol. The molecule has 1 aromatic carbocycles. The first-order chi connectivity index (χ1) is 13.0. The highest BCUT2D eigenvalue weighted by Crippen LogP contribution is 2.19. The number of esters is 1. The van der Waals surface area contributed by atoms with E-state index in [0.717, 1.165) is 19.3 Å². The second-order valence-electron chi connectivity index (χ2n) is 6.79. The standard InChI is InChI=1S/C21H24N2O4/c1-14(20(25)22-12-11-15-7-3-2-4-8-15)27-21(26)17-13-19(24)23-18-10-6-5-9-16(17)18/h5-7,9-10,13-14H,2-4,8,11-12H2,1H3,(H,22,25)(H,23,24)/t14-/m0/s1. The molecule has 0 spiro atoms. The molecule has 0 radical (unpaired) electrons. The summed E-state index contributed by atoms with van der Waals surface area (Å²) < 4.78 is 5.29. The molecule has 1 aliphatic rings. The third-order valence-corrected chi connectivity index (χ3v) is 4.75. The van der Waals surface area contributed by atoms with Crippen LogP contribution in [-0.2, 0) is 9.53 Å². The fourth-order valence-corrected chi connectivity index (χ4v) is 3.27. The molecule has 2 N–H and O–H groups in total. The van der Waals surface area contributed by atoms with Gasteiger partial charge in [-0.05, 0) is 45.1 Å². The van der Waals surface area contributed by atoms with Gasteiger partial charge in [0.1, 0.15) is 0 Å². The van der Waals surface area contributed by atoms with Crippen molar-refractivity contribution in [1.29, 1.82) is 0 Å². The van der Waals surface area contributed by atoms with Crippen LogP contribution in [0.5, 0.6) is 0 Å². The number of nitrogens with one attached hydrogen (secondary N) is 2. The van der Waals surface area contributed by atoms with Gasteiger partial charge >= 0.3 is 5.97 Å². The highest BCUT2D eigenvalue weighted by molar-refractivity contribution is 6.03. The second kappa shape index (κ2) is 8.66. The van der Waals surface area contributed by atoms with E-state index in [2.05, 4.69) is 16.4 Å². The van der Waals surface area contributed by atoms with Crippen LogP contribution in [0.1, 0.15) is 49.4 Å². The van der Waals surface area contributed by atoms with Crippen molar-refractivity contribution in [3.63, 3.8) is 0 Å². The van der Waals surface area contributed by atoms with Crippen molar-refractivity contribution in [2.75, 3.05) is 6.54 Å². The van der Waals surface area contributed by atoms with Gasteiger partial charge in [0, 0.05) is 23.5 Å². The molecule has 1 amide bonds. The lowest BCUT2D eigenvalue weighted by Crippen LogP contribution is -2.36. The Morgan fingerprint density at radius 2 is 2.07 bits per heavy atom. The first kappa shape index (κ1) is 18.9. The van der Waals surface area contributed by atoms with Crippen LogP contribution in [0.2, 0.25) is 0 Å². The molecule has 1 aliphatic carbocycles. The molecular weight excluding hydrogens is 344 g/mol. The van der Waals surface area contributed by atoms with E-state index < -0.39 is 17.6 Å². The lowest BCUT2D eigenvalue weighted by Gasteiger charge is -2.16. The van der Waals surface area contributed by atoms with Crippen LogP contribution in [0.4, 0.5) is 0 Å². The van der Waals surface area contributed by atoms with Gasteiger partial charge in [0.25, 0.3) is 5.91 Å². The molecule has 0 bridgehead atoms. The van der Waals surface area contributed by atoms with E-state index in [1.54, 1.807) is 24.3 Å². The van der Waals surface area contributed by atoms with Crippen LogP contribution < -0.4 is 10.9 Å². The zero-order valence-electron chi connectivity index (χ0n) is 15.4. The van der Waals surface area contributed by atoms with Gasteiger partial charge in [0.2, 0.25) is 5.56 Å². The maximum atomic E-state index is 12.5. The third kappa shape index (κ3) is 4.84. The number of ether oxygens (including phenoxy) is 1. The van der Waals surface area contributed by atoms with Crippen molar-refractivity contribution in [3.8, 4) is 0 Å². The van der Waals surface area contributed by atoms with Crippen LogP contribution >= 0.6 is 0 Å². The van der Waals surface area contributed by atoms with E-state index >= 15 is 0 Å². The van der Waals surface area contributed by atoms with E-state index in [1.807, 2.05) is 0 Å². The molecule has 0 aliphatic heterocycles. The van der Waals surface area contributed by atoms with E-state index in [9.17, 15) is 14.4 Å². The summed E-state index contributed by atoms with van der Waals surface area (Å²) in [7, 11) is 0. The number of hydrogen-bond acceptors (Lipinski definition) is 4. The maximum Gasteiger partial charge on any atom is 0.339 e. The largest absolute Gasteiger partial charge is 0.449 e. The summed E-state index contributed by atoms with van der Waals surface area (Å²) in [5, 5.41) is 3.39. The molecule has 142 valence electrons. The number of carbonyl (C=O) groups excluding carboxylic acids is 2. The number of fused-ring (bicyclic) bond motifs is 1. The van der Waals surface area contributed by atoms with Crippen molar-refractivity contribution in [3.05, 3.63) is 57.9 Å². The van der Waals surface area contributed by atoms with Gasteiger partial charge in [0.15, 0.2) is 6.10 Å². The van der Waals surface area contributed by atoms with Gasteiger partial charge < -0.3 is 15.0 Å². The van der Waals surface area contributed by atoms with Crippen LogP contribution in [0.25, 0.3) is 10.9 Å². The summed E-state index contributed by atoms with van der Waals surface area (Å²) in [5.41, 5.74) is 1.69. The van der Waals surface area contributed by atoms with Gasteiger partial charge in [-0.25, -0.2) is 4.79 Å². The summed E-state index contributed by atoms with van der Waals surface area (Å²) in [6.45, 7) is 2.06. The Hall–Kier alpha value is -2.89. The molecule has 27 heavy (non-hydrogen) atoms. The zero-order valence-corrected chi connectivity index (χ0v) is 15.4. The van der Waals surface area contributed by atoms with Crippen LogP contribution in [0.15, 0.2) is 46.8 Å².